The van der Waals surface area contributed by atoms with E-state index in [2.05, 4.69) is 25.7 Å². The summed E-state index contributed by atoms with van der Waals surface area (Å²) in [7, 11) is 0. The molecule has 0 unspecified atom stereocenters. The molecule has 3 fully saturated rings. The lowest BCUT2D eigenvalue weighted by atomic mass is 9.77. The first-order chi connectivity index (χ1) is 10.3. The fourth-order valence-electron chi connectivity index (χ4n) is 5.34. The molecule has 0 saturated heterocycles. The average molecular weight is 302 g/mol. The van der Waals surface area contributed by atoms with Crippen molar-refractivity contribution in [3.8, 4) is 0 Å². The number of allylic oxidation sites excluding steroid dienone is 4. The molecular weight excluding hydrogens is 272 g/mol. The predicted molar refractivity (Wildman–Crippen MR) is 90.3 cm³/mol. The second-order valence-electron chi connectivity index (χ2n) is 8.25. The molecule has 3 saturated carbocycles. The second kappa shape index (κ2) is 5.35. The van der Waals surface area contributed by atoms with Gasteiger partial charge in [0.15, 0.2) is 0 Å². The fourth-order valence-corrected chi connectivity index (χ4v) is 5.34. The highest BCUT2D eigenvalue weighted by molar-refractivity contribution is 5.29. The van der Waals surface area contributed by atoms with Gasteiger partial charge in [-0.2, -0.15) is 0 Å². The van der Waals surface area contributed by atoms with Gasteiger partial charge in [-0.05, 0) is 74.2 Å². The van der Waals surface area contributed by atoms with E-state index in [1.165, 1.54) is 12.0 Å². The van der Waals surface area contributed by atoms with Crippen LogP contribution in [0.5, 0.6) is 0 Å². The molecular formula is C20H30O2. The first kappa shape index (κ1) is 16.0. The molecule has 122 valence electrons. The summed E-state index contributed by atoms with van der Waals surface area (Å²) in [4.78, 5) is 0. The Morgan fingerprint density at radius 1 is 1.32 bits per heavy atom. The Kier molecular flexibility index (Phi) is 3.89. The minimum absolute atomic E-state index is 0.118. The van der Waals surface area contributed by atoms with Crippen LogP contribution in [0, 0.1) is 29.1 Å². The number of hydrogen-bond acceptors (Lipinski definition) is 2. The second-order valence-corrected chi connectivity index (χ2v) is 8.25. The summed E-state index contributed by atoms with van der Waals surface area (Å²) in [5.41, 5.74) is 2.02. The van der Waals surface area contributed by atoms with Crippen LogP contribution in [0.1, 0.15) is 46.5 Å². The van der Waals surface area contributed by atoms with Crippen molar-refractivity contribution in [2.24, 2.45) is 29.1 Å². The minimum atomic E-state index is -0.538. The quantitative estimate of drug-likeness (QED) is 0.614. The molecule has 22 heavy (non-hydrogen) atoms. The van der Waals surface area contributed by atoms with E-state index in [1.807, 2.05) is 19.9 Å². The molecule has 0 aromatic heterocycles. The van der Waals surface area contributed by atoms with Crippen LogP contribution in [0.4, 0.5) is 0 Å². The largest absolute Gasteiger partial charge is 0.392 e. The van der Waals surface area contributed by atoms with Crippen molar-refractivity contribution in [3.63, 3.8) is 0 Å². The highest BCUT2D eigenvalue weighted by atomic mass is 16.3. The average Bonchev–Trinajstić information content (AvgIpc) is 2.95. The van der Waals surface area contributed by atoms with Gasteiger partial charge in [0.2, 0.25) is 0 Å². The van der Waals surface area contributed by atoms with Crippen LogP contribution in [-0.4, -0.2) is 22.4 Å². The third-order valence-electron chi connectivity index (χ3n) is 6.73. The van der Waals surface area contributed by atoms with E-state index < -0.39 is 5.60 Å². The number of aliphatic hydroxyl groups excluding tert-OH is 1. The summed E-state index contributed by atoms with van der Waals surface area (Å²) in [6.07, 6.45) is 10.8. The van der Waals surface area contributed by atoms with Gasteiger partial charge in [-0.3, -0.25) is 0 Å². The van der Waals surface area contributed by atoms with E-state index in [4.69, 9.17) is 5.11 Å². The molecule has 3 aliphatic rings. The monoisotopic (exact) mass is 302 g/mol. The highest BCUT2D eigenvalue weighted by Gasteiger charge is 2.68. The van der Waals surface area contributed by atoms with Crippen LogP contribution in [0.3, 0.4) is 0 Å². The van der Waals surface area contributed by atoms with Crippen molar-refractivity contribution < 1.29 is 10.2 Å². The van der Waals surface area contributed by atoms with Gasteiger partial charge >= 0.3 is 0 Å². The lowest BCUT2D eigenvalue weighted by Crippen LogP contribution is -2.35. The third-order valence-corrected chi connectivity index (χ3v) is 6.73. The van der Waals surface area contributed by atoms with Gasteiger partial charge < -0.3 is 10.2 Å². The zero-order valence-corrected chi connectivity index (χ0v) is 14.2. The van der Waals surface area contributed by atoms with E-state index in [9.17, 15) is 5.11 Å². The molecule has 6 atom stereocenters. The summed E-state index contributed by atoms with van der Waals surface area (Å²) < 4.78 is 0. The molecule has 0 bridgehead atoms. The summed E-state index contributed by atoms with van der Waals surface area (Å²) in [5, 5.41) is 20.0. The van der Waals surface area contributed by atoms with Crippen LogP contribution in [-0.2, 0) is 0 Å². The molecule has 0 radical (unpaired) electrons. The van der Waals surface area contributed by atoms with Gasteiger partial charge in [-0.1, -0.05) is 37.3 Å². The highest BCUT2D eigenvalue weighted by Crippen LogP contribution is 2.72. The van der Waals surface area contributed by atoms with Crippen LogP contribution in [0.2, 0.25) is 0 Å². The van der Waals surface area contributed by atoms with Gasteiger partial charge in [0.25, 0.3) is 0 Å². The van der Waals surface area contributed by atoms with E-state index in [0.717, 1.165) is 24.8 Å². The SMILES string of the molecule is C=C1CC[C@@H]2[C@H]([C@@H]3[C@H]1CC[C@]3(C)O)[C@@]2(C)/C=C/C=C(/C)CO. The van der Waals surface area contributed by atoms with Crippen molar-refractivity contribution in [1.82, 2.24) is 0 Å². The van der Waals surface area contributed by atoms with E-state index >= 15 is 0 Å². The third kappa shape index (κ3) is 2.41. The first-order valence-corrected chi connectivity index (χ1v) is 8.67. The van der Waals surface area contributed by atoms with Crippen molar-refractivity contribution in [3.05, 3.63) is 36.0 Å². The summed E-state index contributed by atoms with van der Waals surface area (Å²) in [6.45, 7) is 10.8. The van der Waals surface area contributed by atoms with E-state index in [0.29, 0.717) is 23.7 Å². The lowest BCUT2D eigenvalue weighted by Gasteiger charge is -2.31. The number of aliphatic hydroxyl groups is 2. The van der Waals surface area contributed by atoms with Crippen molar-refractivity contribution in [2.75, 3.05) is 6.61 Å². The zero-order chi connectivity index (χ0) is 16.1. The normalized spacial score (nSPS) is 48.2. The van der Waals surface area contributed by atoms with Gasteiger partial charge in [0.1, 0.15) is 0 Å². The molecule has 0 aromatic carbocycles. The Balaban J connectivity index is 1.85. The van der Waals surface area contributed by atoms with Gasteiger partial charge in [-0.15, -0.1) is 0 Å². The van der Waals surface area contributed by atoms with Crippen molar-refractivity contribution in [2.45, 2.75) is 52.1 Å². The zero-order valence-electron chi connectivity index (χ0n) is 14.2. The molecule has 3 aliphatic carbocycles. The molecule has 3 rings (SSSR count). The molecule has 0 spiro atoms. The summed E-state index contributed by atoms with van der Waals surface area (Å²) >= 11 is 0. The Hall–Kier alpha value is -0.860. The Bertz CT molecular complexity index is 528. The molecule has 0 aliphatic heterocycles. The Morgan fingerprint density at radius 3 is 2.73 bits per heavy atom. The van der Waals surface area contributed by atoms with E-state index in [-0.39, 0.29) is 12.0 Å². The fraction of sp³-hybridized carbons (Fsp3) is 0.700. The molecule has 0 aromatic rings. The smallest absolute Gasteiger partial charge is 0.0656 e. The molecule has 2 N–H and O–H groups in total. The van der Waals surface area contributed by atoms with Gasteiger partial charge in [0, 0.05) is 0 Å². The molecule has 2 nitrogen and oxygen atoms in total. The van der Waals surface area contributed by atoms with Crippen LogP contribution < -0.4 is 0 Å². The Labute approximate surface area is 134 Å². The molecule has 0 heterocycles. The van der Waals surface area contributed by atoms with E-state index in [1.54, 1.807) is 0 Å². The maximum atomic E-state index is 10.9. The maximum absolute atomic E-state index is 10.9. The topological polar surface area (TPSA) is 40.5 Å². The van der Waals surface area contributed by atoms with Gasteiger partial charge in [-0.25, -0.2) is 0 Å². The summed E-state index contributed by atoms with van der Waals surface area (Å²) in [6, 6.07) is 0. The Morgan fingerprint density at radius 2 is 2.05 bits per heavy atom. The maximum Gasteiger partial charge on any atom is 0.0656 e. The van der Waals surface area contributed by atoms with Crippen molar-refractivity contribution in [1.29, 1.82) is 0 Å². The molecule has 2 heteroatoms. The number of rotatable bonds is 3. The van der Waals surface area contributed by atoms with Crippen LogP contribution in [0.25, 0.3) is 0 Å². The van der Waals surface area contributed by atoms with Crippen LogP contribution >= 0.6 is 0 Å². The van der Waals surface area contributed by atoms with Crippen LogP contribution in [0.15, 0.2) is 36.0 Å². The minimum Gasteiger partial charge on any atom is -0.392 e. The predicted octanol–water partition coefficient (Wildman–Crippen LogP) is 3.86. The lowest BCUT2D eigenvalue weighted by molar-refractivity contribution is -0.000466. The standard InChI is InChI=1S/C20H30O2/c1-13(12-21)6-5-10-19(3)16-8-7-14(2)15-9-11-20(4,22)17(15)18(16)19/h5-6,10,15-18,21-22H,2,7-9,11-12H2,1,3-4H3/b10-5+,13-6-/t15-,16+,17-,18+,19-,20-/m0/s1. The van der Waals surface area contributed by atoms with Gasteiger partial charge in [0.05, 0.1) is 12.2 Å². The molecule has 0 amide bonds. The summed E-state index contributed by atoms with van der Waals surface area (Å²) in [5.74, 6) is 2.12. The number of hydrogen-bond donors (Lipinski definition) is 2. The van der Waals surface area contributed by atoms with Crippen molar-refractivity contribution >= 4 is 0 Å². The number of fused-ring (bicyclic) bond motifs is 3. The first-order valence-electron chi connectivity index (χ1n) is 8.67.